The molecule has 1 aromatic rings. The van der Waals surface area contributed by atoms with E-state index in [-0.39, 0.29) is 6.61 Å². The van der Waals surface area contributed by atoms with Crippen LogP contribution in [0.5, 0.6) is 5.75 Å². The molecule has 1 saturated carbocycles. The molecule has 0 bridgehead atoms. The molecule has 0 aromatic heterocycles. The Morgan fingerprint density at radius 1 is 1.42 bits per heavy atom. The van der Waals surface area contributed by atoms with Gasteiger partial charge in [0, 0.05) is 12.6 Å². The van der Waals surface area contributed by atoms with E-state index in [0.717, 1.165) is 18.2 Å². The van der Waals surface area contributed by atoms with E-state index < -0.39 is 0 Å². The van der Waals surface area contributed by atoms with Crippen LogP contribution in [0.15, 0.2) is 24.3 Å². The summed E-state index contributed by atoms with van der Waals surface area (Å²) in [6, 6.07) is 10.5. The van der Waals surface area contributed by atoms with Crippen molar-refractivity contribution in [2.24, 2.45) is 5.92 Å². The van der Waals surface area contributed by atoms with Crippen molar-refractivity contribution in [3.63, 3.8) is 0 Å². The number of ether oxygens (including phenoxy) is 1. The molecule has 0 saturated heterocycles. The van der Waals surface area contributed by atoms with E-state index in [4.69, 9.17) is 10.00 Å². The van der Waals surface area contributed by atoms with Gasteiger partial charge in [-0.3, -0.25) is 0 Å². The molecule has 3 heteroatoms. The van der Waals surface area contributed by atoms with Gasteiger partial charge in [0.05, 0.1) is 0 Å². The van der Waals surface area contributed by atoms with Crippen molar-refractivity contribution in [1.82, 2.24) is 5.32 Å². The molecular formula is C16H22N2O. The predicted octanol–water partition coefficient (Wildman–Crippen LogP) is 3.26. The van der Waals surface area contributed by atoms with Gasteiger partial charge in [-0.15, -0.1) is 0 Å². The zero-order valence-electron chi connectivity index (χ0n) is 11.6. The monoisotopic (exact) mass is 258 g/mol. The summed E-state index contributed by atoms with van der Waals surface area (Å²) in [6.07, 6.45) is 5.49. The molecule has 1 fully saturated rings. The first-order chi connectivity index (χ1) is 9.29. The van der Waals surface area contributed by atoms with Gasteiger partial charge in [0.1, 0.15) is 11.8 Å². The number of hydrogen-bond donors (Lipinski definition) is 1. The number of hydrogen-bond acceptors (Lipinski definition) is 3. The van der Waals surface area contributed by atoms with Gasteiger partial charge in [-0.1, -0.05) is 25.0 Å². The van der Waals surface area contributed by atoms with Gasteiger partial charge in [-0.05, 0) is 43.4 Å². The van der Waals surface area contributed by atoms with E-state index in [1.807, 2.05) is 24.3 Å². The third kappa shape index (κ3) is 4.25. The third-order valence-electron chi connectivity index (χ3n) is 3.94. The molecule has 0 heterocycles. The number of nitrogens with zero attached hydrogens (tertiary/aromatic N) is 1. The number of nitriles is 1. The SMILES string of the molecule is C[C@@H](NCc1cccc(OCC#N)c1)C1CCCC1. The lowest BCUT2D eigenvalue weighted by Crippen LogP contribution is -2.31. The van der Waals surface area contributed by atoms with Crippen LogP contribution in [0.25, 0.3) is 0 Å². The van der Waals surface area contributed by atoms with Crippen molar-refractivity contribution in [3.05, 3.63) is 29.8 Å². The highest BCUT2D eigenvalue weighted by Crippen LogP contribution is 2.27. The van der Waals surface area contributed by atoms with Crippen LogP contribution in [0.4, 0.5) is 0 Å². The lowest BCUT2D eigenvalue weighted by atomic mass is 9.99. The number of rotatable bonds is 6. The Bertz CT molecular complexity index is 433. The molecule has 0 radical (unpaired) electrons. The summed E-state index contributed by atoms with van der Waals surface area (Å²) in [6.45, 7) is 3.25. The lowest BCUT2D eigenvalue weighted by Gasteiger charge is -2.20. The Balaban J connectivity index is 1.83. The molecule has 1 N–H and O–H groups in total. The second-order valence-corrected chi connectivity index (χ2v) is 5.31. The van der Waals surface area contributed by atoms with E-state index in [1.54, 1.807) is 0 Å². The summed E-state index contributed by atoms with van der Waals surface area (Å²) in [5.41, 5.74) is 1.21. The highest BCUT2D eigenvalue weighted by molar-refractivity contribution is 5.28. The minimum Gasteiger partial charge on any atom is -0.479 e. The van der Waals surface area contributed by atoms with Crippen molar-refractivity contribution >= 4 is 0 Å². The Morgan fingerprint density at radius 2 is 2.21 bits per heavy atom. The molecular weight excluding hydrogens is 236 g/mol. The normalized spacial score (nSPS) is 17.1. The van der Waals surface area contributed by atoms with Crippen LogP contribution in [-0.2, 0) is 6.54 Å². The molecule has 102 valence electrons. The first-order valence-corrected chi connectivity index (χ1v) is 7.11. The summed E-state index contributed by atoms with van der Waals surface area (Å²) < 4.78 is 5.31. The minimum absolute atomic E-state index is 0.107. The maximum absolute atomic E-state index is 8.51. The van der Waals surface area contributed by atoms with Crippen LogP contribution in [0.2, 0.25) is 0 Å². The van der Waals surface area contributed by atoms with Crippen LogP contribution in [0, 0.1) is 17.2 Å². The second kappa shape index (κ2) is 7.16. The van der Waals surface area contributed by atoms with E-state index >= 15 is 0 Å². The molecule has 0 amide bonds. The predicted molar refractivity (Wildman–Crippen MR) is 75.8 cm³/mol. The molecule has 1 atom stereocenters. The largest absolute Gasteiger partial charge is 0.479 e. The zero-order valence-corrected chi connectivity index (χ0v) is 11.6. The van der Waals surface area contributed by atoms with Crippen molar-refractivity contribution in [2.45, 2.75) is 45.2 Å². The Morgan fingerprint density at radius 3 is 2.95 bits per heavy atom. The van der Waals surface area contributed by atoms with Crippen molar-refractivity contribution in [2.75, 3.05) is 6.61 Å². The quantitative estimate of drug-likeness (QED) is 0.852. The number of nitrogens with one attached hydrogen (secondary N) is 1. The van der Waals surface area contributed by atoms with Gasteiger partial charge in [0.15, 0.2) is 6.61 Å². The topological polar surface area (TPSA) is 45.0 Å². The van der Waals surface area contributed by atoms with Gasteiger partial charge in [-0.2, -0.15) is 5.26 Å². The van der Waals surface area contributed by atoms with E-state index in [0.29, 0.717) is 6.04 Å². The highest BCUT2D eigenvalue weighted by atomic mass is 16.5. The summed E-state index contributed by atoms with van der Waals surface area (Å²) in [7, 11) is 0. The van der Waals surface area contributed by atoms with Crippen LogP contribution >= 0.6 is 0 Å². The lowest BCUT2D eigenvalue weighted by molar-refractivity contribution is 0.365. The van der Waals surface area contributed by atoms with Gasteiger partial charge < -0.3 is 10.1 Å². The van der Waals surface area contributed by atoms with E-state index in [9.17, 15) is 0 Å². The molecule has 1 aliphatic carbocycles. The van der Waals surface area contributed by atoms with Gasteiger partial charge in [0.2, 0.25) is 0 Å². The van der Waals surface area contributed by atoms with Crippen molar-refractivity contribution < 1.29 is 4.74 Å². The Hall–Kier alpha value is -1.53. The summed E-state index contributed by atoms with van der Waals surface area (Å²) in [4.78, 5) is 0. The Kier molecular flexibility index (Phi) is 5.23. The maximum Gasteiger partial charge on any atom is 0.174 e. The zero-order chi connectivity index (χ0) is 13.5. The molecule has 1 aromatic carbocycles. The number of benzene rings is 1. The molecule has 1 aliphatic rings. The average Bonchev–Trinajstić information content (AvgIpc) is 2.97. The molecule has 2 rings (SSSR count). The first-order valence-electron chi connectivity index (χ1n) is 7.11. The van der Waals surface area contributed by atoms with Crippen LogP contribution in [0.1, 0.15) is 38.2 Å². The van der Waals surface area contributed by atoms with Crippen LogP contribution < -0.4 is 10.1 Å². The van der Waals surface area contributed by atoms with Crippen molar-refractivity contribution in [3.8, 4) is 11.8 Å². The summed E-state index contributed by atoms with van der Waals surface area (Å²) >= 11 is 0. The molecule has 0 unspecified atom stereocenters. The average molecular weight is 258 g/mol. The molecule has 3 nitrogen and oxygen atoms in total. The summed E-state index contributed by atoms with van der Waals surface area (Å²) in [5, 5.41) is 12.1. The fourth-order valence-electron chi connectivity index (χ4n) is 2.76. The first kappa shape index (κ1) is 13.9. The van der Waals surface area contributed by atoms with Gasteiger partial charge in [-0.25, -0.2) is 0 Å². The van der Waals surface area contributed by atoms with Crippen LogP contribution in [-0.4, -0.2) is 12.6 Å². The second-order valence-electron chi connectivity index (χ2n) is 5.31. The smallest absolute Gasteiger partial charge is 0.174 e. The van der Waals surface area contributed by atoms with Gasteiger partial charge >= 0.3 is 0 Å². The fraction of sp³-hybridized carbons (Fsp3) is 0.562. The van der Waals surface area contributed by atoms with Crippen molar-refractivity contribution in [1.29, 1.82) is 5.26 Å². The van der Waals surface area contributed by atoms with E-state index in [1.165, 1.54) is 31.2 Å². The van der Waals surface area contributed by atoms with Crippen LogP contribution in [0.3, 0.4) is 0 Å². The minimum atomic E-state index is 0.107. The summed E-state index contributed by atoms with van der Waals surface area (Å²) in [5.74, 6) is 1.60. The highest BCUT2D eigenvalue weighted by Gasteiger charge is 2.20. The standard InChI is InChI=1S/C16H22N2O/c1-13(15-6-2-3-7-15)18-12-14-5-4-8-16(11-14)19-10-9-17/h4-5,8,11,13,15,18H,2-3,6-7,10,12H2,1H3/t13-/m1/s1. The molecule has 0 spiro atoms. The third-order valence-corrected chi connectivity index (χ3v) is 3.94. The van der Waals surface area contributed by atoms with Gasteiger partial charge in [0.25, 0.3) is 0 Å². The fourth-order valence-corrected chi connectivity index (χ4v) is 2.76. The maximum atomic E-state index is 8.51. The van der Waals surface area contributed by atoms with E-state index in [2.05, 4.69) is 18.3 Å². The molecule has 19 heavy (non-hydrogen) atoms. The Labute approximate surface area is 115 Å². The molecule has 0 aliphatic heterocycles.